The highest BCUT2D eigenvalue weighted by atomic mass is 32.2. The van der Waals surface area contributed by atoms with Gasteiger partial charge in [0.15, 0.2) is 11.5 Å². The fourth-order valence-corrected chi connectivity index (χ4v) is 6.64. The zero-order chi connectivity index (χ0) is 34.0. The molecule has 0 fully saturated rings. The molecule has 0 aromatic heterocycles. The van der Waals surface area contributed by atoms with Crippen LogP contribution in [0.2, 0.25) is 0 Å². The fourth-order valence-electron chi connectivity index (χ4n) is 5.24. The number of carbonyl (C=O) groups is 2. The van der Waals surface area contributed by atoms with E-state index in [4.69, 9.17) is 9.47 Å². The molecule has 0 bridgehead atoms. The molecule has 0 aliphatic rings. The maximum absolute atomic E-state index is 14.6. The lowest BCUT2D eigenvalue weighted by Gasteiger charge is -2.34. The van der Waals surface area contributed by atoms with E-state index in [0.29, 0.717) is 18.0 Å². The first-order chi connectivity index (χ1) is 22.6. The Bertz CT molecular complexity index is 1760. The predicted molar refractivity (Wildman–Crippen MR) is 184 cm³/mol. The number of ether oxygens (including phenoxy) is 2. The van der Waals surface area contributed by atoms with Gasteiger partial charge < -0.3 is 19.7 Å². The van der Waals surface area contributed by atoms with Crippen LogP contribution in [0.5, 0.6) is 11.5 Å². The Morgan fingerprint density at radius 1 is 0.830 bits per heavy atom. The number of anilines is 1. The fraction of sp³-hybridized carbons (Fsp3) is 0.297. The van der Waals surface area contributed by atoms with Crippen LogP contribution < -0.4 is 19.1 Å². The molecule has 1 N–H and O–H groups in total. The summed E-state index contributed by atoms with van der Waals surface area (Å²) in [5, 5.41) is 2.97. The second-order valence-corrected chi connectivity index (χ2v) is 13.2. The Balaban J connectivity index is 1.84. The van der Waals surface area contributed by atoms with Crippen molar-refractivity contribution >= 4 is 27.5 Å². The number of hydrogen-bond acceptors (Lipinski definition) is 6. The summed E-state index contributed by atoms with van der Waals surface area (Å²) in [5.74, 6) is -0.130. The summed E-state index contributed by atoms with van der Waals surface area (Å²) in [6.45, 7) is 5.75. The molecule has 0 saturated heterocycles. The minimum atomic E-state index is -4.26. The van der Waals surface area contributed by atoms with Gasteiger partial charge in [-0.25, -0.2) is 8.42 Å². The standard InChI is InChI=1S/C37H43N3O6S/c1-6-22-38-37(42)33(23-29-13-8-7-9-14-29)39(25-30-15-11-10-12-28(30)3)36(41)26-40(31-18-21-34(45-4)35(24-31)46-5)47(43,44)32-19-16-27(2)17-20-32/h7-21,24,33H,6,22-23,25-26H2,1-5H3,(H,38,42)/t33-/m1/s1. The predicted octanol–water partition coefficient (Wildman–Crippen LogP) is 5.68. The number of nitrogens with one attached hydrogen (secondary N) is 1. The molecule has 4 rings (SSSR count). The summed E-state index contributed by atoms with van der Waals surface area (Å²) in [6.07, 6.45) is 0.965. The summed E-state index contributed by atoms with van der Waals surface area (Å²) in [7, 11) is -1.31. The maximum Gasteiger partial charge on any atom is 0.264 e. The van der Waals surface area contributed by atoms with Crippen LogP contribution in [-0.4, -0.2) is 58.5 Å². The Kier molecular flexibility index (Phi) is 12.0. The molecule has 4 aromatic rings. The SMILES string of the molecule is CCCNC(=O)[C@@H](Cc1ccccc1)N(Cc1ccccc1C)C(=O)CN(c1ccc(OC)c(OC)c1)S(=O)(=O)c1ccc(C)cc1. The van der Waals surface area contributed by atoms with E-state index in [9.17, 15) is 18.0 Å². The van der Waals surface area contributed by atoms with Crippen molar-refractivity contribution in [2.45, 2.75) is 51.1 Å². The van der Waals surface area contributed by atoms with E-state index in [1.165, 1.54) is 37.3 Å². The van der Waals surface area contributed by atoms with Crippen molar-refractivity contribution in [3.8, 4) is 11.5 Å². The molecule has 248 valence electrons. The smallest absolute Gasteiger partial charge is 0.264 e. The van der Waals surface area contributed by atoms with Crippen molar-refractivity contribution in [3.63, 3.8) is 0 Å². The average molecular weight is 658 g/mol. The highest BCUT2D eigenvalue weighted by molar-refractivity contribution is 7.92. The van der Waals surface area contributed by atoms with E-state index in [0.717, 1.165) is 33.0 Å². The lowest BCUT2D eigenvalue weighted by Crippen LogP contribution is -2.53. The molecule has 0 spiro atoms. The van der Waals surface area contributed by atoms with Crippen molar-refractivity contribution in [1.29, 1.82) is 0 Å². The summed E-state index contributed by atoms with van der Waals surface area (Å²) in [5.41, 5.74) is 3.77. The maximum atomic E-state index is 14.6. The largest absolute Gasteiger partial charge is 0.493 e. The van der Waals surface area contributed by atoms with Crippen LogP contribution in [-0.2, 0) is 32.6 Å². The second kappa shape index (κ2) is 16.1. The highest BCUT2D eigenvalue weighted by Crippen LogP contribution is 2.34. The van der Waals surface area contributed by atoms with Crippen LogP contribution in [0.15, 0.2) is 102 Å². The minimum Gasteiger partial charge on any atom is -0.493 e. The number of hydrogen-bond donors (Lipinski definition) is 1. The van der Waals surface area contributed by atoms with E-state index in [1.807, 2.05) is 75.4 Å². The van der Waals surface area contributed by atoms with Crippen LogP contribution >= 0.6 is 0 Å². The monoisotopic (exact) mass is 657 g/mol. The lowest BCUT2D eigenvalue weighted by molar-refractivity contribution is -0.140. The van der Waals surface area contributed by atoms with E-state index < -0.39 is 28.5 Å². The van der Waals surface area contributed by atoms with Crippen LogP contribution in [0.3, 0.4) is 0 Å². The number of amides is 2. The number of aryl methyl sites for hydroxylation is 2. The van der Waals surface area contributed by atoms with E-state index in [2.05, 4.69) is 5.32 Å². The number of benzene rings is 4. The van der Waals surface area contributed by atoms with Crippen molar-refractivity contribution in [2.24, 2.45) is 0 Å². The minimum absolute atomic E-state index is 0.0256. The van der Waals surface area contributed by atoms with E-state index in [-0.39, 0.29) is 29.5 Å². The van der Waals surface area contributed by atoms with Crippen molar-refractivity contribution in [2.75, 3.05) is 31.6 Å². The molecule has 0 unspecified atom stereocenters. The third kappa shape index (κ3) is 8.71. The third-order valence-electron chi connectivity index (χ3n) is 7.97. The molecule has 0 heterocycles. The molecule has 0 radical (unpaired) electrons. The quantitative estimate of drug-likeness (QED) is 0.176. The molecule has 10 heteroatoms. The second-order valence-electron chi connectivity index (χ2n) is 11.3. The summed E-state index contributed by atoms with van der Waals surface area (Å²) >= 11 is 0. The normalized spacial score (nSPS) is 11.8. The molecule has 47 heavy (non-hydrogen) atoms. The molecule has 1 atom stereocenters. The Morgan fingerprint density at radius 2 is 1.49 bits per heavy atom. The van der Waals surface area contributed by atoms with Gasteiger partial charge in [-0.15, -0.1) is 0 Å². The van der Waals surface area contributed by atoms with Gasteiger partial charge in [0.1, 0.15) is 12.6 Å². The van der Waals surface area contributed by atoms with Gasteiger partial charge in [-0.2, -0.15) is 0 Å². The van der Waals surface area contributed by atoms with Crippen LogP contribution in [0.25, 0.3) is 0 Å². The van der Waals surface area contributed by atoms with Gasteiger partial charge in [0.25, 0.3) is 10.0 Å². The summed E-state index contributed by atoms with van der Waals surface area (Å²) in [6, 6.07) is 27.4. The topological polar surface area (TPSA) is 105 Å². The van der Waals surface area contributed by atoms with Gasteiger partial charge in [-0.3, -0.25) is 13.9 Å². The number of rotatable bonds is 15. The molecule has 0 saturated carbocycles. The lowest BCUT2D eigenvalue weighted by atomic mass is 10.0. The Morgan fingerprint density at radius 3 is 2.13 bits per heavy atom. The van der Waals surface area contributed by atoms with Gasteiger partial charge in [0.2, 0.25) is 11.8 Å². The third-order valence-corrected chi connectivity index (χ3v) is 9.75. The highest BCUT2D eigenvalue weighted by Gasteiger charge is 2.35. The molecule has 2 amide bonds. The van der Waals surface area contributed by atoms with Gasteiger partial charge in [-0.1, -0.05) is 79.2 Å². The summed E-state index contributed by atoms with van der Waals surface area (Å²) < 4.78 is 40.6. The van der Waals surface area contributed by atoms with Gasteiger partial charge in [0, 0.05) is 25.6 Å². The van der Waals surface area contributed by atoms with Crippen molar-refractivity contribution < 1.29 is 27.5 Å². The molecular formula is C37H43N3O6S. The van der Waals surface area contributed by atoms with E-state index in [1.54, 1.807) is 24.3 Å². The van der Waals surface area contributed by atoms with Crippen LogP contribution in [0, 0.1) is 13.8 Å². The van der Waals surface area contributed by atoms with Gasteiger partial charge in [0.05, 0.1) is 24.8 Å². The number of methoxy groups -OCH3 is 2. The molecule has 4 aromatic carbocycles. The average Bonchev–Trinajstić information content (AvgIpc) is 3.08. The molecule has 0 aliphatic carbocycles. The van der Waals surface area contributed by atoms with Gasteiger partial charge >= 0.3 is 0 Å². The number of nitrogens with zero attached hydrogens (tertiary/aromatic N) is 2. The molecule has 9 nitrogen and oxygen atoms in total. The molecule has 0 aliphatic heterocycles. The zero-order valence-electron chi connectivity index (χ0n) is 27.6. The zero-order valence-corrected chi connectivity index (χ0v) is 28.4. The number of carbonyl (C=O) groups excluding carboxylic acids is 2. The molecular weight excluding hydrogens is 614 g/mol. The Labute approximate surface area is 278 Å². The van der Waals surface area contributed by atoms with Crippen LogP contribution in [0.1, 0.15) is 35.6 Å². The van der Waals surface area contributed by atoms with Gasteiger partial charge in [-0.05, 0) is 61.2 Å². The summed E-state index contributed by atoms with van der Waals surface area (Å²) in [4.78, 5) is 30.0. The van der Waals surface area contributed by atoms with Crippen LogP contribution in [0.4, 0.5) is 5.69 Å². The van der Waals surface area contributed by atoms with E-state index >= 15 is 0 Å². The van der Waals surface area contributed by atoms with Crippen molar-refractivity contribution in [1.82, 2.24) is 10.2 Å². The first-order valence-electron chi connectivity index (χ1n) is 15.6. The first kappa shape index (κ1) is 35.0. The first-order valence-corrected chi connectivity index (χ1v) is 17.0. The number of sulfonamides is 1. The van der Waals surface area contributed by atoms with Crippen molar-refractivity contribution in [3.05, 3.63) is 119 Å². The Hall–Kier alpha value is -4.83.